The van der Waals surface area contributed by atoms with E-state index in [-0.39, 0.29) is 11.7 Å². The molecule has 0 fully saturated rings. The number of hydrogen-bond acceptors (Lipinski definition) is 7. The van der Waals surface area contributed by atoms with Gasteiger partial charge in [0.25, 0.3) is 0 Å². The number of aromatic nitrogens is 4. The Morgan fingerprint density at radius 3 is 2.64 bits per heavy atom. The van der Waals surface area contributed by atoms with Gasteiger partial charge in [0, 0.05) is 12.1 Å². The molecule has 28 heavy (non-hydrogen) atoms. The summed E-state index contributed by atoms with van der Waals surface area (Å²) in [6.07, 6.45) is 0. The summed E-state index contributed by atoms with van der Waals surface area (Å²) in [5, 5.41) is 14.9. The van der Waals surface area contributed by atoms with Crippen LogP contribution in [0.3, 0.4) is 0 Å². The molecule has 0 spiro atoms. The van der Waals surface area contributed by atoms with E-state index >= 15 is 0 Å². The molecule has 3 aromatic rings. The van der Waals surface area contributed by atoms with E-state index in [1.165, 1.54) is 16.4 Å². The molecule has 146 valence electrons. The first-order valence-electron chi connectivity index (χ1n) is 8.40. The summed E-state index contributed by atoms with van der Waals surface area (Å²) in [4.78, 5) is 12.3. The Bertz CT molecular complexity index is 949. The van der Waals surface area contributed by atoms with Crippen LogP contribution in [0.5, 0.6) is 17.2 Å². The second kappa shape index (κ2) is 9.43. The van der Waals surface area contributed by atoms with Gasteiger partial charge in [-0.15, -0.1) is 5.10 Å². The fourth-order valence-electron chi connectivity index (χ4n) is 2.25. The van der Waals surface area contributed by atoms with E-state index in [2.05, 4.69) is 20.8 Å². The largest absolute Gasteiger partial charge is 0.494 e. The number of rotatable bonds is 8. The Morgan fingerprint density at radius 1 is 1.21 bits per heavy atom. The number of thioether (sulfide) groups is 1. The Kier molecular flexibility index (Phi) is 6.72. The van der Waals surface area contributed by atoms with Gasteiger partial charge in [0.05, 0.1) is 18.0 Å². The Morgan fingerprint density at radius 2 is 1.96 bits per heavy atom. The normalized spacial score (nSPS) is 10.5. The molecule has 0 unspecified atom stereocenters. The van der Waals surface area contributed by atoms with Crippen molar-refractivity contribution in [2.75, 3.05) is 17.7 Å². The van der Waals surface area contributed by atoms with Gasteiger partial charge in [-0.25, -0.2) is 4.68 Å². The van der Waals surface area contributed by atoms with Crippen molar-refractivity contribution in [3.63, 3.8) is 0 Å². The lowest BCUT2D eigenvalue weighted by atomic mass is 10.2. The summed E-state index contributed by atoms with van der Waals surface area (Å²) < 4.78 is 12.8. The van der Waals surface area contributed by atoms with Crippen molar-refractivity contribution in [1.29, 1.82) is 0 Å². The van der Waals surface area contributed by atoms with Crippen LogP contribution in [0, 0.1) is 0 Å². The van der Waals surface area contributed by atoms with Gasteiger partial charge in [-0.2, -0.15) is 0 Å². The topological polar surface area (TPSA) is 91.2 Å². The SMILES string of the molecule is CCOc1ccc(Oc2ccc(Cl)cc2NC(=O)CSc2nnnn2C)cc1. The molecule has 1 aromatic heterocycles. The lowest BCUT2D eigenvalue weighted by Crippen LogP contribution is -2.15. The first kappa shape index (κ1) is 20.0. The Balaban J connectivity index is 1.67. The Hall–Kier alpha value is -2.78. The van der Waals surface area contributed by atoms with E-state index in [0.717, 1.165) is 5.75 Å². The van der Waals surface area contributed by atoms with E-state index in [9.17, 15) is 4.79 Å². The van der Waals surface area contributed by atoms with Gasteiger partial charge < -0.3 is 14.8 Å². The summed E-state index contributed by atoms with van der Waals surface area (Å²) >= 11 is 7.31. The highest BCUT2D eigenvalue weighted by molar-refractivity contribution is 7.99. The maximum Gasteiger partial charge on any atom is 0.234 e. The second-order valence-corrected chi connectivity index (χ2v) is 6.95. The third-order valence-corrected chi connectivity index (χ3v) is 4.74. The zero-order valence-corrected chi connectivity index (χ0v) is 16.8. The van der Waals surface area contributed by atoms with Crippen LogP contribution < -0.4 is 14.8 Å². The molecule has 1 heterocycles. The molecule has 1 N–H and O–H groups in total. The van der Waals surface area contributed by atoms with Crippen molar-refractivity contribution in [3.05, 3.63) is 47.5 Å². The molecule has 0 radical (unpaired) electrons. The third kappa shape index (κ3) is 5.37. The fourth-order valence-corrected chi connectivity index (χ4v) is 3.07. The van der Waals surface area contributed by atoms with Gasteiger partial charge in [-0.3, -0.25) is 4.79 Å². The van der Waals surface area contributed by atoms with Crippen LogP contribution in [-0.2, 0) is 11.8 Å². The van der Waals surface area contributed by atoms with Crippen LogP contribution >= 0.6 is 23.4 Å². The van der Waals surface area contributed by atoms with E-state index in [4.69, 9.17) is 21.1 Å². The molecule has 8 nitrogen and oxygen atoms in total. The van der Waals surface area contributed by atoms with Crippen molar-refractivity contribution in [3.8, 4) is 17.2 Å². The zero-order valence-electron chi connectivity index (χ0n) is 15.3. The molecule has 0 atom stereocenters. The van der Waals surface area contributed by atoms with Crippen molar-refractivity contribution >= 4 is 35.0 Å². The minimum absolute atomic E-state index is 0.142. The number of hydrogen-bond donors (Lipinski definition) is 1. The van der Waals surface area contributed by atoms with Crippen LogP contribution in [-0.4, -0.2) is 38.5 Å². The summed E-state index contributed by atoms with van der Waals surface area (Å²) in [6, 6.07) is 12.3. The molecule has 0 aliphatic heterocycles. The minimum Gasteiger partial charge on any atom is -0.494 e. The number of halogens is 1. The van der Waals surface area contributed by atoms with E-state index < -0.39 is 0 Å². The van der Waals surface area contributed by atoms with Crippen molar-refractivity contribution in [1.82, 2.24) is 20.2 Å². The van der Waals surface area contributed by atoms with Crippen molar-refractivity contribution < 1.29 is 14.3 Å². The number of carbonyl (C=O) groups is 1. The third-order valence-electron chi connectivity index (χ3n) is 3.49. The van der Waals surface area contributed by atoms with Crippen molar-refractivity contribution in [2.24, 2.45) is 7.05 Å². The highest BCUT2D eigenvalue weighted by Gasteiger charge is 2.12. The van der Waals surface area contributed by atoms with Crippen LogP contribution in [0.15, 0.2) is 47.6 Å². The number of carbonyl (C=O) groups excluding carboxylic acids is 1. The minimum atomic E-state index is -0.230. The van der Waals surface area contributed by atoms with Crippen LogP contribution in [0.4, 0.5) is 5.69 Å². The number of nitrogens with zero attached hydrogens (tertiary/aromatic N) is 4. The van der Waals surface area contributed by atoms with Gasteiger partial charge in [0.15, 0.2) is 5.75 Å². The average molecular weight is 420 g/mol. The molecule has 3 rings (SSSR count). The summed E-state index contributed by atoms with van der Waals surface area (Å²) in [6.45, 7) is 2.52. The van der Waals surface area contributed by atoms with E-state index in [1.807, 2.05) is 19.1 Å². The lowest BCUT2D eigenvalue weighted by Gasteiger charge is -2.13. The summed E-state index contributed by atoms with van der Waals surface area (Å²) in [5.74, 6) is 1.76. The van der Waals surface area contributed by atoms with Gasteiger partial charge in [0.1, 0.15) is 11.5 Å². The molecule has 0 saturated carbocycles. The smallest absolute Gasteiger partial charge is 0.234 e. The maximum atomic E-state index is 12.3. The number of benzene rings is 2. The number of aryl methyl sites for hydroxylation is 1. The summed E-state index contributed by atoms with van der Waals surface area (Å²) in [7, 11) is 1.71. The van der Waals surface area contributed by atoms with Gasteiger partial charge in [0.2, 0.25) is 11.1 Å². The molecule has 1 amide bonds. The standard InChI is InChI=1S/C18H18ClN5O3S/c1-3-26-13-5-7-14(8-6-13)27-16-9-4-12(19)10-15(16)20-17(25)11-28-18-21-22-23-24(18)2/h4-10H,3,11H2,1-2H3,(H,20,25). The average Bonchev–Trinajstić information content (AvgIpc) is 3.09. The lowest BCUT2D eigenvalue weighted by molar-refractivity contribution is -0.113. The van der Waals surface area contributed by atoms with Gasteiger partial charge in [-0.05, 0) is 59.8 Å². The molecule has 0 aliphatic rings. The first-order valence-corrected chi connectivity index (χ1v) is 9.77. The van der Waals surface area contributed by atoms with Crippen molar-refractivity contribution in [2.45, 2.75) is 12.1 Å². The summed E-state index contributed by atoms with van der Waals surface area (Å²) in [5.41, 5.74) is 0.475. The highest BCUT2D eigenvalue weighted by Crippen LogP contribution is 2.33. The number of ether oxygens (including phenoxy) is 2. The molecular formula is C18H18ClN5O3S. The number of anilines is 1. The maximum absolute atomic E-state index is 12.3. The highest BCUT2D eigenvalue weighted by atomic mass is 35.5. The monoisotopic (exact) mass is 419 g/mol. The second-order valence-electron chi connectivity index (χ2n) is 5.57. The molecular weight excluding hydrogens is 402 g/mol. The van der Waals surface area contributed by atoms with E-state index in [1.54, 1.807) is 37.4 Å². The number of nitrogens with one attached hydrogen (secondary N) is 1. The van der Waals surface area contributed by atoms with Crippen LogP contribution in [0.2, 0.25) is 5.02 Å². The molecule has 0 aliphatic carbocycles. The van der Waals surface area contributed by atoms with Crippen LogP contribution in [0.25, 0.3) is 0 Å². The first-order chi connectivity index (χ1) is 13.5. The predicted octanol–water partition coefficient (Wildman–Crippen LogP) is 3.79. The number of amides is 1. The zero-order chi connectivity index (χ0) is 19.9. The van der Waals surface area contributed by atoms with Gasteiger partial charge >= 0.3 is 0 Å². The van der Waals surface area contributed by atoms with Gasteiger partial charge in [-0.1, -0.05) is 23.4 Å². The molecule has 10 heteroatoms. The van der Waals surface area contributed by atoms with Crippen LogP contribution in [0.1, 0.15) is 6.92 Å². The fraction of sp³-hybridized carbons (Fsp3) is 0.222. The Labute approximate surface area is 171 Å². The quantitative estimate of drug-likeness (QED) is 0.555. The molecule has 0 saturated heterocycles. The molecule has 2 aromatic carbocycles. The molecule has 0 bridgehead atoms. The van der Waals surface area contributed by atoms with E-state index in [0.29, 0.717) is 34.0 Å². The number of tetrazole rings is 1. The predicted molar refractivity (Wildman–Crippen MR) is 107 cm³/mol.